The first kappa shape index (κ1) is 44.6. The van der Waals surface area contributed by atoms with Gasteiger partial charge < -0.3 is 20.8 Å². The fourth-order valence-corrected chi connectivity index (χ4v) is 6.13. The first-order chi connectivity index (χ1) is 24.9. The van der Waals surface area contributed by atoms with Gasteiger partial charge in [-0.05, 0) is 158 Å². The standard InChI is InChI=1S/C19H21ClFIN2O3.C18H19ClFIN2O3/c1-11-8-12(22)4-5-16(11)23-17-10-15(21)14(20)9-13(17)18(26)24-27-19(2,3)6-7-25;1-10-7-12(21)3-4-16(10)22-17-9-15(20)14(19)8-13(17)18(25)23-26-11(2)5-6-24/h4-5,8-10,23,25H,6-7H2,1-3H3,(H,24,26);3-4,7-9,11,22,24H,5-6H2,1-2H3,(H,23,25). The van der Waals surface area contributed by atoms with E-state index in [1.54, 1.807) is 20.8 Å². The molecule has 53 heavy (non-hydrogen) atoms. The number of amides is 2. The maximum atomic E-state index is 14.0. The molecule has 0 fully saturated rings. The lowest BCUT2D eigenvalue weighted by Gasteiger charge is -2.24. The van der Waals surface area contributed by atoms with E-state index in [0.29, 0.717) is 12.8 Å². The summed E-state index contributed by atoms with van der Waals surface area (Å²) in [6.07, 6.45) is 0.344. The zero-order valence-electron chi connectivity index (χ0n) is 29.5. The van der Waals surface area contributed by atoms with Crippen LogP contribution in [0.5, 0.6) is 0 Å². The predicted octanol–water partition coefficient (Wildman–Crippen LogP) is 9.53. The van der Waals surface area contributed by atoms with Crippen LogP contribution >= 0.6 is 68.4 Å². The largest absolute Gasteiger partial charge is 0.396 e. The van der Waals surface area contributed by atoms with E-state index in [2.05, 4.69) is 66.8 Å². The van der Waals surface area contributed by atoms with E-state index in [1.807, 2.05) is 50.2 Å². The average Bonchev–Trinajstić information content (AvgIpc) is 3.08. The average molecular weight is 999 g/mol. The Labute approximate surface area is 344 Å². The maximum absolute atomic E-state index is 14.0. The van der Waals surface area contributed by atoms with Crippen LogP contribution in [0.4, 0.5) is 31.5 Å². The number of anilines is 4. The fraction of sp³-hybridized carbons (Fsp3) is 0.297. The van der Waals surface area contributed by atoms with Crippen LogP contribution in [0.15, 0.2) is 60.7 Å². The Morgan fingerprint density at radius 1 is 0.755 bits per heavy atom. The van der Waals surface area contributed by atoms with Crippen LogP contribution < -0.4 is 21.6 Å². The van der Waals surface area contributed by atoms with Gasteiger partial charge in [-0.3, -0.25) is 19.3 Å². The molecule has 10 nitrogen and oxygen atoms in total. The van der Waals surface area contributed by atoms with Crippen LogP contribution in [-0.4, -0.2) is 46.9 Å². The molecule has 4 rings (SSSR count). The Morgan fingerprint density at radius 3 is 1.62 bits per heavy atom. The van der Waals surface area contributed by atoms with Crippen LogP contribution in [0.2, 0.25) is 10.0 Å². The van der Waals surface area contributed by atoms with Crippen molar-refractivity contribution < 1.29 is 38.3 Å². The lowest BCUT2D eigenvalue weighted by atomic mass is 10.1. The Balaban J connectivity index is 0.000000286. The van der Waals surface area contributed by atoms with Crippen molar-refractivity contribution in [2.75, 3.05) is 23.8 Å². The van der Waals surface area contributed by atoms with Crippen LogP contribution in [0.1, 0.15) is 65.5 Å². The lowest BCUT2D eigenvalue weighted by Crippen LogP contribution is -2.36. The van der Waals surface area contributed by atoms with E-state index < -0.39 is 29.0 Å². The van der Waals surface area contributed by atoms with Crippen molar-refractivity contribution in [3.05, 3.63) is 112 Å². The molecule has 0 saturated carbocycles. The Bertz CT molecular complexity index is 1920. The van der Waals surface area contributed by atoms with Crippen molar-refractivity contribution in [2.24, 2.45) is 0 Å². The summed E-state index contributed by atoms with van der Waals surface area (Å²) in [7, 11) is 0. The maximum Gasteiger partial charge on any atom is 0.277 e. The summed E-state index contributed by atoms with van der Waals surface area (Å²) >= 11 is 16.1. The molecule has 4 aromatic carbocycles. The smallest absolute Gasteiger partial charge is 0.277 e. The predicted molar refractivity (Wildman–Crippen MR) is 221 cm³/mol. The number of carbonyl (C=O) groups excluding carboxylic acids is 2. The van der Waals surface area contributed by atoms with Crippen molar-refractivity contribution in [3.63, 3.8) is 0 Å². The summed E-state index contributed by atoms with van der Waals surface area (Å²) in [5.41, 5.74) is 8.11. The molecule has 2 amide bonds. The highest BCUT2D eigenvalue weighted by Gasteiger charge is 2.23. The molecular weight excluding hydrogens is 959 g/mol. The summed E-state index contributed by atoms with van der Waals surface area (Å²) in [4.78, 5) is 35.6. The van der Waals surface area contributed by atoms with E-state index in [0.717, 1.165) is 29.6 Å². The molecule has 0 aliphatic carbocycles. The van der Waals surface area contributed by atoms with Crippen LogP contribution in [0.25, 0.3) is 0 Å². The summed E-state index contributed by atoms with van der Waals surface area (Å²) in [6, 6.07) is 16.3. The van der Waals surface area contributed by atoms with Crippen molar-refractivity contribution in [3.8, 4) is 0 Å². The first-order valence-corrected chi connectivity index (χ1v) is 19.1. The van der Waals surface area contributed by atoms with Crippen LogP contribution in [-0.2, 0) is 9.68 Å². The molecule has 0 radical (unpaired) electrons. The number of benzene rings is 4. The Hall–Kier alpha value is -2.84. The quantitative estimate of drug-likeness (QED) is 0.0543. The molecule has 6 N–H and O–H groups in total. The van der Waals surface area contributed by atoms with E-state index in [4.69, 9.17) is 43.1 Å². The van der Waals surface area contributed by atoms with Gasteiger partial charge in [0.15, 0.2) is 0 Å². The molecule has 16 heteroatoms. The second kappa shape index (κ2) is 20.7. The molecule has 0 saturated heterocycles. The molecule has 4 aromatic rings. The minimum absolute atomic E-state index is 0.0572. The summed E-state index contributed by atoms with van der Waals surface area (Å²) in [5, 5.41) is 23.7. The van der Waals surface area contributed by atoms with E-state index in [1.165, 1.54) is 24.3 Å². The number of hydroxylamine groups is 2. The van der Waals surface area contributed by atoms with E-state index in [9.17, 15) is 18.4 Å². The first-order valence-electron chi connectivity index (χ1n) is 16.1. The molecular formula is C37H40Cl2F2I2N4O6. The van der Waals surface area contributed by atoms with Gasteiger partial charge in [-0.25, -0.2) is 19.7 Å². The highest BCUT2D eigenvalue weighted by molar-refractivity contribution is 14.1. The second-order valence-corrected chi connectivity index (χ2v) is 15.7. The van der Waals surface area contributed by atoms with Gasteiger partial charge in [0.05, 0.1) is 44.3 Å². The third-order valence-corrected chi connectivity index (χ3v) is 9.47. The number of aliphatic hydroxyl groups excluding tert-OH is 2. The monoisotopic (exact) mass is 998 g/mol. The third kappa shape index (κ3) is 13.8. The number of carbonyl (C=O) groups is 2. The van der Waals surface area contributed by atoms with E-state index in [-0.39, 0.29) is 51.9 Å². The SMILES string of the molecule is Cc1cc(I)ccc1Nc1cc(F)c(Cl)cc1C(=O)NOC(C)(C)CCO.Cc1cc(I)ccc1Nc1cc(F)c(Cl)cc1C(=O)NOC(C)CCO. The highest BCUT2D eigenvalue weighted by atomic mass is 127. The normalized spacial score (nSPS) is 11.6. The van der Waals surface area contributed by atoms with Crippen molar-refractivity contribution in [2.45, 2.75) is 59.2 Å². The molecule has 0 aliphatic rings. The molecule has 0 heterocycles. The van der Waals surface area contributed by atoms with E-state index >= 15 is 0 Å². The van der Waals surface area contributed by atoms with Gasteiger partial charge in [0.25, 0.3) is 11.8 Å². The van der Waals surface area contributed by atoms with Gasteiger partial charge in [-0.2, -0.15) is 0 Å². The molecule has 0 aromatic heterocycles. The summed E-state index contributed by atoms with van der Waals surface area (Å²) in [5.74, 6) is -2.42. The van der Waals surface area contributed by atoms with Crippen molar-refractivity contribution >= 4 is 103 Å². The molecule has 0 bridgehead atoms. The number of rotatable bonds is 14. The fourth-order valence-electron chi connectivity index (χ4n) is 4.51. The number of hydrogen-bond donors (Lipinski definition) is 6. The topological polar surface area (TPSA) is 141 Å². The second-order valence-electron chi connectivity index (χ2n) is 12.4. The van der Waals surface area contributed by atoms with Gasteiger partial charge in [0, 0.05) is 38.1 Å². The number of halogens is 6. The van der Waals surface area contributed by atoms with Crippen LogP contribution in [0.3, 0.4) is 0 Å². The molecule has 0 spiro atoms. The number of nitrogens with one attached hydrogen (secondary N) is 4. The summed E-state index contributed by atoms with van der Waals surface area (Å²) < 4.78 is 30.1. The number of aryl methyl sites for hydroxylation is 2. The van der Waals surface area contributed by atoms with Gasteiger partial charge >= 0.3 is 0 Å². The zero-order valence-corrected chi connectivity index (χ0v) is 35.3. The third-order valence-electron chi connectivity index (χ3n) is 7.55. The van der Waals surface area contributed by atoms with Gasteiger partial charge in [-0.15, -0.1) is 0 Å². The number of hydrogen-bond acceptors (Lipinski definition) is 8. The van der Waals surface area contributed by atoms with Crippen molar-refractivity contribution in [1.82, 2.24) is 11.0 Å². The minimum Gasteiger partial charge on any atom is -0.396 e. The highest BCUT2D eigenvalue weighted by Crippen LogP contribution is 2.31. The van der Waals surface area contributed by atoms with Crippen LogP contribution in [0, 0.1) is 32.6 Å². The number of aliphatic hydroxyl groups is 2. The van der Waals surface area contributed by atoms with Crippen molar-refractivity contribution in [1.29, 1.82) is 0 Å². The van der Waals surface area contributed by atoms with Gasteiger partial charge in [0.1, 0.15) is 11.6 Å². The molecule has 1 unspecified atom stereocenters. The zero-order chi connectivity index (χ0) is 39.5. The Morgan fingerprint density at radius 2 is 1.21 bits per heavy atom. The summed E-state index contributed by atoms with van der Waals surface area (Å²) in [6.45, 7) is 8.86. The molecule has 0 aliphatic heterocycles. The minimum atomic E-state index is -0.755. The van der Waals surface area contributed by atoms with Gasteiger partial charge in [0.2, 0.25) is 0 Å². The van der Waals surface area contributed by atoms with Gasteiger partial charge in [-0.1, -0.05) is 23.2 Å². The lowest BCUT2D eigenvalue weighted by molar-refractivity contribution is -0.0805. The Kier molecular flexibility index (Phi) is 17.4. The molecule has 286 valence electrons. The molecule has 1 atom stereocenters.